The van der Waals surface area contributed by atoms with E-state index < -0.39 is 0 Å². The van der Waals surface area contributed by atoms with Crippen LogP contribution in [0.15, 0.2) is 11.6 Å². The molecular weight excluding hydrogens is 210 g/mol. The quantitative estimate of drug-likeness (QED) is 0.680. The number of hydrogen-bond donors (Lipinski definition) is 1. The number of likely N-dealkylation sites (tertiary alicyclic amines) is 1. The predicted molar refractivity (Wildman–Crippen MR) is 61.8 cm³/mol. The van der Waals surface area contributed by atoms with Gasteiger partial charge in [-0.25, -0.2) is 0 Å². The van der Waals surface area contributed by atoms with Crippen LogP contribution in [0.25, 0.3) is 0 Å². The van der Waals surface area contributed by atoms with Gasteiger partial charge in [0.2, 0.25) is 5.91 Å². The number of amides is 1. The van der Waals surface area contributed by atoms with E-state index in [-0.39, 0.29) is 12.0 Å². The Balaban J connectivity index is 1.90. The summed E-state index contributed by atoms with van der Waals surface area (Å²) >= 11 is 1.95. The molecule has 4 heteroatoms. The van der Waals surface area contributed by atoms with Crippen molar-refractivity contribution in [2.24, 2.45) is 0 Å². The van der Waals surface area contributed by atoms with Gasteiger partial charge in [0, 0.05) is 19.2 Å². The minimum atomic E-state index is -0.311. The molecule has 0 aromatic heterocycles. The molecule has 0 aromatic rings. The number of thioether (sulfide) groups is 1. The maximum Gasteiger partial charge on any atom is 0.246 e. The molecule has 2 aliphatic heterocycles. The summed E-state index contributed by atoms with van der Waals surface area (Å²) in [5, 5.41) is 9.34. The van der Waals surface area contributed by atoms with Gasteiger partial charge >= 0.3 is 0 Å². The summed E-state index contributed by atoms with van der Waals surface area (Å²) < 4.78 is 0. The highest BCUT2D eigenvalue weighted by Gasteiger charge is 2.23. The Morgan fingerprint density at radius 2 is 2.20 bits per heavy atom. The number of aliphatic hydroxyl groups excluding tert-OH is 1. The molecule has 0 spiro atoms. The molecule has 2 rings (SSSR count). The van der Waals surface area contributed by atoms with Crippen LogP contribution in [-0.4, -0.2) is 46.6 Å². The Morgan fingerprint density at radius 3 is 2.80 bits per heavy atom. The number of aliphatic hydroxyl groups is 1. The number of carbonyl (C=O) groups excluding carboxylic acids is 1. The summed E-state index contributed by atoms with van der Waals surface area (Å²) in [7, 11) is 0. The maximum atomic E-state index is 11.8. The van der Waals surface area contributed by atoms with Crippen molar-refractivity contribution in [3.8, 4) is 0 Å². The normalized spacial score (nSPS) is 26.9. The van der Waals surface area contributed by atoms with Gasteiger partial charge in [0.1, 0.15) is 0 Å². The predicted octanol–water partition coefficient (Wildman–Crippen LogP) is 1.03. The molecule has 1 N–H and O–H groups in total. The van der Waals surface area contributed by atoms with Crippen LogP contribution in [0.2, 0.25) is 0 Å². The number of allylic oxidation sites excluding steroid dienone is 1. The van der Waals surface area contributed by atoms with E-state index in [1.54, 1.807) is 11.0 Å². The molecule has 2 saturated heterocycles. The number of nitrogens with zero attached hydrogens (tertiary/aromatic N) is 1. The minimum Gasteiger partial charge on any atom is -0.391 e. The molecule has 0 saturated carbocycles. The average Bonchev–Trinajstić information content (AvgIpc) is 2.66. The van der Waals surface area contributed by atoms with Crippen molar-refractivity contribution in [1.29, 1.82) is 0 Å². The van der Waals surface area contributed by atoms with Crippen LogP contribution in [0.4, 0.5) is 0 Å². The first-order chi connectivity index (χ1) is 7.25. The van der Waals surface area contributed by atoms with Crippen molar-refractivity contribution in [3.05, 3.63) is 11.6 Å². The minimum absolute atomic E-state index is 0.0912. The molecule has 0 aromatic carbocycles. The smallest absolute Gasteiger partial charge is 0.246 e. The SMILES string of the molecule is O=C(C=C1CCSCC1)N1CC[C@@H](O)C1. The van der Waals surface area contributed by atoms with Gasteiger partial charge in [0.05, 0.1) is 6.10 Å². The third-order valence-corrected chi connectivity index (χ3v) is 3.92. The van der Waals surface area contributed by atoms with Crippen LogP contribution in [0, 0.1) is 0 Å². The van der Waals surface area contributed by atoms with Gasteiger partial charge in [0.25, 0.3) is 0 Å². The van der Waals surface area contributed by atoms with Gasteiger partial charge in [-0.1, -0.05) is 5.57 Å². The van der Waals surface area contributed by atoms with Gasteiger partial charge in [-0.3, -0.25) is 4.79 Å². The third kappa shape index (κ3) is 2.98. The molecule has 1 amide bonds. The zero-order valence-corrected chi connectivity index (χ0v) is 9.63. The van der Waals surface area contributed by atoms with Crippen LogP contribution >= 0.6 is 11.8 Å². The lowest BCUT2D eigenvalue weighted by molar-refractivity contribution is -0.125. The zero-order chi connectivity index (χ0) is 10.7. The van der Waals surface area contributed by atoms with Crippen LogP contribution < -0.4 is 0 Å². The Hall–Kier alpha value is -0.480. The van der Waals surface area contributed by atoms with Crippen molar-refractivity contribution in [2.75, 3.05) is 24.6 Å². The van der Waals surface area contributed by atoms with Crippen molar-refractivity contribution in [3.63, 3.8) is 0 Å². The van der Waals surface area contributed by atoms with Crippen molar-refractivity contribution in [1.82, 2.24) is 4.90 Å². The van der Waals surface area contributed by atoms with E-state index >= 15 is 0 Å². The molecule has 15 heavy (non-hydrogen) atoms. The molecule has 1 atom stereocenters. The fraction of sp³-hybridized carbons (Fsp3) is 0.727. The summed E-state index contributed by atoms with van der Waals surface area (Å²) in [5.41, 5.74) is 1.28. The van der Waals surface area contributed by atoms with E-state index in [1.807, 2.05) is 11.8 Å². The topological polar surface area (TPSA) is 40.5 Å². The first kappa shape index (κ1) is 11.0. The van der Waals surface area contributed by atoms with E-state index in [9.17, 15) is 9.90 Å². The van der Waals surface area contributed by atoms with Crippen LogP contribution in [-0.2, 0) is 4.79 Å². The van der Waals surface area contributed by atoms with E-state index in [0.717, 1.165) is 30.8 Å². The van der Waals surface area contributed by atoms with Crippen LogP contribution in [0.1, 0.15) is 19.3 Å². The molecule has 0 aliphatic carbocycles. The molecule has 0 unspecified atom stereocenters. The third-order valence-electron chi connectivity index (χ3n) is 2.94. The summed E-state index contributed by atoms with van der Waals surface area (Å²) in [5.74, 6) is 2.37. The number of β-amino-alcohol motifs (C(OH)–C–C–N with tert-alkyl or cyclic N) is 1. The van der Waals surface area contributed by atoms with Crippen molar-refractivity contribution >= 4 is 17.7 Å². The molecule has 84 valence electrons. The molecule has 2 aliphatic rings. The molecular formula is C11H17NO2S. The summed E-state index contributed by atoms with van der Waals surface area (Å²) in [6.07, 6.45) is 4.30. The Labute approximate surface area is 94.5 Å². The lowest BCUT2D eigenvalue weighted by Gasteiger charge is -2.16. The maximum absolute atomic E-state index is 11.8. The lowest BCUT2D eigenvalue weighted by atomic mass is 10.1. The van der Waals surface area contributed by atoms with Gasteiger partial charge in [-0.2, -0.15) is 11.8 Å². The van der Waals surface area contributed by atoms with E-state index in [1.165, 1.54) is 5.57 Å². The van der Waals surface area contributed by atoms with Gasteiger partial charge in [-0.05, 0) is 30.8 Å². The average molecular weight is 227 g/mol. The highest BCUT2D eigenvalue weighted by Crippen LogP contribution is 2.22. The first-order valence-electron chi connectivity index (χ1n) is 5.50. The zero-order valence-electron chi connectivity index (χ0n) is 8.82. The van der Waals surface area contributed by atoms with Gasteiger partial charge in [0.15, 0.2) is 0 Å². The summed E-state index contributed by atoms with van der Waals surface area (Å²) in [6, 6.07) is 0. The Bertz CT molecular complexity index is 270. The second kappa shape index (κ2) is 5.03. The summed E-state index contributed by atoms with van der Waals surface area (Å²) in [6.45, 7) is 1.22. The lowest BCUT2D eigenvalue weighted by Crippen LogP contribution is -2.28. The number of rotatable bonds is 1. The Morgan fingerprint density at radius 1 is 1.47 bits per heavy atom. The first-order valence-corrected chi connectivity index (χ1v) is 6.65. The molecule has 0 bridgehead atoms. The largest absolute Gasteiger partial charge is 0.391 e. The van der Waals surface area contributed by atoms with Gasteiger partial charge < -0.3 is 10.0 Å². The van der Waals surface area contributed by atoms with E-state index in [4.69, 9.17) is 0 Å². The van der Waals surface area contributed by atoms with E-state index in [2.05, 4.69) is 0 Å². The molecule has 0 radical (unpaired) electrons. The number of hydrogen-bond acceptors (Lipinski definition) is 3. The highest BCUT2D eigenvalue weighted by molar-refractivity contribution is 7.99. The fourth-order valence-corrected chi connectivity index (χ4v) is 3.00. The number of carbonyl (C=O) groups is 1. The second-order valence-corrected chi connectivity index (χ2v) is 5.37. The standard InChI is InChI=1S/C11H17NO2S/c13-10-1-4-12(8-10)11(14)7-9-2-5-15-6-3-9/h7,10,13H,1-6,8H2/t10-/m1/s1. The fourth-order valence-electron chi connectivity index (χ4n) is 1.99. The highest BCUT2D eigenvalue weighted by atomic mass is 32.2. The van der Waals surface area contributed by atoms with Crippen LogP contribution in [0.5, 0.6) is 0 Å². The molecule has 2 fully saturated rings. The molecule has 2 heterocycles. The van der Waals surface area contributed by atoms with Crippen molar-refractivity contribution in [2.45, 2.75) is 25.4 Å². The second-order valence-electron chi connectivity index (χ2n) is 4.14. The van der Waals surface area contributed by atoms with Gasteiger partial charge in [-0.15, -0.1) is 0 Å². The Kier molecular flexibility index (Phi) is 3.70. The molecule has 3 nitrogen and oxygen atoms in total. The van der Waals surface area contributed by atoms with Crippen molar-refractivity contribution < 1.29 is 9.90 Å². The summed E-state index contributed by atoms with van der Waals surface area (Å²) in [4.78, 5) is 13.5. The van der Waals surface area contributed by atoms with Crippen LogP contribution in [0.3, 0.4) is 0 Å². The van der Waals surface area contributed by atoms with E-state index in [0.29, 0.717) is 13.1 Å². The monoisotopic (exact) mass is 227 g/mol.